The monoisotopic (exact) mass is 400 g/mol. The van der Waals surface area contributed by atoms with Crippen molar-refractivity contribution in [3.63, 3.8) is 0 Å². The van der Waals surface area contributed by atoms with Crippen molar-refractivity contribution >= 4 is 5.91 Å². The molecule has 164 valence electrons. The number of hydrogen-bond donors (Lipinski definition) is 2. The lowest BCUT2D eigenvalue weighted by molar-refractivity contribution is -0.138. The summed E-state index contributed by atoms with van der Waals surface area (Å²) in [4.78, 5) is 11.4. The Morgan fingerprint density at radius 2 is 1.10 bits per heavy atom. The second-order valence-electron chi connectivity index (χ2n) is 14.6. The summed E-state index contributed by atoms with van der Waals surface area (Å²) in [5.74, 6) is 1.98. The SMILES string of the molecule is CC(=O)NC12CC3CC(C)(CC(C)(C3)C1)C2.CC12CC3CC(C)(C1)CC(N)(C3)C2. The predicted octanol–water partition coefficient (Wildman–Crippen LogP) is 5.57. The predicted molar refractivity (Wildman–Crippen MR) is 118 cm³/mol. The van der Waals surface area contributed by atoms with Crippen molar-refractivity contribution in [1.29, 1.82) is 0 Å². The zero-order chi connectivity index (χ0) is 20.9. The smallest absolute Gasteiger partial charge is 0.217 e. The van der Waals surface area contributed by atoms with Gasteiger partial charge in [0, 0.05) is 18.0 Å². The summed E-state index contributed by atoms with van der Waals surface area (Å²) in [6.45, 7) is 11.5. The number of carbonyl (C=O) groups excluding carboxylic acids is 1. The first-order chi connectivity index (χ1) is 13.2. The highest BCUT2D eigenvalue weighted by Gasteiger charge is 2.60. The summed E-state index contributed by atoms with van der Waals surface area (Å²) in [7, 11) is 0. The minimum Gasteiger partial charge on any atom is -0.351 e. The van der Waals surface area contributed by atoms with E-state index in [2.05, 4.69) is 33.0 Å². The fraction of sp³-hybridized carbons (Fsp3) is 0.962. The fourth-order valence-corrected chi connectivity index (χ4v) is 11.5. The summed E-state index contributed by atoms with van der Waals surface area (Å²) in [6.07, 6.45) is 16.1. The van der Waals surface area contributed by atoms with Crippen molar-refractivity contribution < 1.29 is 4.79 Å². The lowest BCUT2D eigenvalue weighted by Gasteiger charge is -2.65. The number of rotatable bonds is 1. The van der Waals surface area contributed by atoms with Gasteiger partial charge in [-0.25, -0.2) is 0 Å². The molecule has 0 radical (unpaired) electrons. The van der Waals surface area contributed by atoms with Gasteiger partial charge < -0.3 is 11.1 Å². The molecule has 0 spiro atoms. The van der Waals surface area contributed by atoms with Crippen LogP contribution in [0.25, 0.3) is 0 Å². The van der Waals surface area contributed by atoms with Gasteiger partial charge in [0.05, 0.1) is 0 Å². The van der Waals surface area contributed by atoms with E-state index in [4.69, 9.17) is 5.73 Å². The highest BCUT2D eigenvalue weighted by molar-refractivity contribution is 5.74. The van der Waals surface area contributed by atoms with Crippen LogP contribution in [0, 0.1) is 33.5 Å². The van der Waals surface area contributed by atoms with Crippen LogP contribution in [-0.2, 0) is 4.79 Å². The van der Waals surface area contributed by atoms with Crippen molar-refractivity contribution in [3.8, 4) is 0 Å². The zero-order valence-electron chi connectivity index (χ0n) is 19.6. The molecule has 3 N–H and O–H groups in total. The van der Waals surface area contributed by atoms with E-state index in [-0.39, 0.29) is 17.0 Å². The van der Waals surface area contributed by atoms with E-state index >= 15 is 0 Å². The molecule has 8 fully saturated rings. The first-order valence-corrected chi connectivity index (χ1v) is 12.3. The molecule has 8 saturated carbocycles. The second kappa shape index (κ2) is 5.81. The van der Waals surface area contributed by atoms with Crippen LogP contribution in [0.1, 0.15) is 112 Å². The Bertz CT molecular complexity index is 659. The third-order valence-corrected chi connectivity index (χ3v) is 9.74. The molecule has 4 unspecified atom stereocenters. The summed E-state index contributed by atoms with van der Waals surface area (Å²) in [5.41, 5.74) is 9.06. The highest BCUT2D eigenvalue weighted by atomic mass is 16.1. The van der Waals surface area contributed by atoms with Gasteiger partial charge in [-0.05, 0) is 111 Å². The molecular weight excluding hydrogens is 356 g/mol. The maximum atomic E-state index is 11.4. The first-order valence-electron chi connectivity index (χ1n) is 12.3. The molecule has 4 atom stereocenters. The van der Waals surface area contributed by atoms with E-state index in [1.165, 1.54) is 77.0 Å². The Kier molecular flexibility index (Phi) is 4.07. The summed E-state index contributed by atoms with van der Waals surface area (Å²) >= 11 is 0. The molecular formula is C26H44N2O. The van der Waals surface area contributed by atoms with Crippen LogP contribution in [0.15, 0.2) is 0 Å². The van der Waals surface area contributed by atoms with Crippen molar-refractivity contribution in [2.24, 2.45) is 39.2 Å². The third kappa shape index (κ3) is 3.58. The van der Waals surface area contributed by atoms with Crippen LogP contribution < -0.4 is 11.1 Å². The summed E-state index contributed by atoms with van der Waals surface area (Å²) in [6, 6.07) is 0. The van der Waals surface area contributed by atoms with Gasteiger partial charge >= 0.3 is 0 Å². The molecule has 1 amide bonds. The van der Waals surface area contributed by atoms with E-state index in [1.807, 2.05) is 0 Å². The molecule has 0 aromatic rings. The Balaban J connectivity index is 0.000000128. The van der Waals surface area contributed by atoms with E-state index < -0.39 is 0 Å². The number of nitrogens with two attached hydrogens (primary N) is 1. The average Bonchev–Trinajstić information content (AvgIpc) is 2.35. The average molecular weight is 401 g/mol. The number of nitrogens with one attached hydrogen (secondary N) is 1. The first kappa shape index (κ1) is 20.3. The molecule has 8 aliphatic carbocycles. The van der Waals surface area contributed by atoms with Crippen molar-refractivity contribution in [1.82, 2.24) is 5.32 Å². The molecule has 8 rings (SSSR count). The molecule has 0 heterocycles. The molecule has 0 aromatic heterocycles. The number of hydrogen-bond acceptors (Lipinski definition) is 2. The van der Waals surface area contributed by atoms with Gasteiger partial charge in [-0.1, -0.05) is 27.7 Å². The molecule has 8 bridgehead atoms. The molecule has 3 heteroatoms. The molecule has 0 saturated heterocycles. The van der Waals surface area contributed by atoms with E-state index in [9.17, 15) is 4.79 Å². The van der Waals surface area contributed by atoms with Crippen LogP contribution in [-0.4, -0.2) is 17.0 Å². The van der Waals surface area contributed by atoms with Crippen LogP contribution in [0.2, 0.25) is 0 Å². The van der Waals surface area contributed by atoms with Gasteiger partial charge in [0.25, 0.3) is 0 Å². The highest BCUT2D eigenvalue weighted by Crippen LogP contribution is 2.67. The topological polar surface area (TPSA) is 55.1 Å². The minimum atomic E-state index is 0.148. The van der Waals surface area contributed by atoms with E-state index in [0.717, 1.165) is 11.8 Å². The van der Waals surface area contributed by atoms with Gasteiger partial charge in [0.2, 0.25) is 5.91 Å². The normalized spacial score (nSPS) is 58.7. The molecule has 29 heavy (non-hydrogen) atoms. The van der Waals surface area contributed by atoms with Crippen molar-refractivity contribution in [2.45, 2.75) is 123 Å². The summed E-state index contributed by atoms with van der Waals surface area (Å²) < 4.78 is 0. The fourth-order valence-electron chi connectivity index (χ4n) is 11.5. The van der Waals surface area contributed by atoms with E-state index in [1.54, 1.807) is 6.92 Å². The lowest BCUT2D eigenvalue weighted by atomic mass is 9.43. The van der Waals surface area contributed by atoms with Crippen molar-refractivity contribution in [2.75, 3.05) is 0 Å². The Morgan fingerprint density at radius 1 is 0.690 bits per heavy atom. The maximum absolute atomic E-state index is 11.4. The van der Waals surface area contributed by atoms with Gasteiger partial charge in [0.1, 0.15) is 0 Å². The zero-order valence-corrected chi connectivity index (χ0v) is 19.6. The van der Waals surface area contributed by atoms with Gasteiger partial charge in [-0.2, -0.15) is 0 Å². The molecule has 0 aromatic carbocycles. The van der Waals surface area contributed by atoms with Gasteiger partial charge in [-0.15, -0.1) is 0 Å². The maximum Gasteiger partial charge on any atom is 0.217 e. The number of amides is 1. The lowest BCUT2D eigenvalue weighted by Crippen LogP contribution is -2.64. The second-order valence-corrected chi connectivity index (χ2v) is 14.6. The van der Waals surface area contributed by atoms with Gasteiger partial charge in [-0.3, -0.25) is 4.79 Å². The number of carbonyl (C=O) groups is 1. The van der Waals surface area contributed by atoms with E-state index in [0.29, 0.717) is 21.7 Å². The van der Waals surface area contributed by atoms with Gasteiger partial charge in [0.15, 0.2) is 0 Å². The Labute approximate surface area is 178 Å². The Morgan fingerprint density at radius 3 is 1.45 bits per heavy atom. The van der Waals surface area contributed by atoms with Crippen molar-refractivity contribution in [3.05, 3.63) is 0 Å². The van der Waals surface area contributed by atoms with Crippen LogP contribution in [0.5, 0.6) is 0 Å². The van der Waals surface area contributed by atoms with Crippen LogP contribution >= 0.6 is 0 Å². The molecule has 8 aliphatic rings. The largest absolute Gasteiger partial charge is 0.351 e. The standard InChI is InChI=1S/C14H23NO.C12H21N/c1-10(16)15-14-6-11-4-12(2,8-14)7-13(3,5-11)9-14;1-10-3-9-4-11(2,6-10)8-12(13,5-9)7-10/h11H,4-9H2,1-3H3,(H,15,16);9H,3-8,13H2,1-2H3. The third-order valence-electron chi connectivity index (χ3n) is 9.74. The molecule has 0 aliphatic heterocycles. The van der Waals surface area contributed by atoms with Crippen LogP contribution in [0.3, 0.4) is 0 Å². The quantitative estimate of drug-likeness (QED) is 0.605. The minimum absolute atomic E-state index is 0.148. The summed E-state index contributed by atoms with van der Waals surface area (Å²) in [5, 5.41) is 3.30. The van der Waals surface area contributed by atoms with Crippen LogP contribution in [0.4, 0.5) is 0 Å². The Hall–Kier alpha value is -0.570. The molecule has 3 nitrogen and oxygen atoms in total.